The van der Waals surface area contributed by atoms with Gasteiger partial charge in [0.2, 0.25) is 5.91 Å². The number of amides is 1. The Kier molecular flexibility index (Phi) is 72.9. The number of carbonyl (C=O) groups excluding carboxylic acids is 2. The molecule has 0 aromatic heterocycles. The van der Waals surface area contributed by atoms with Gasteiger partial charge in [-0.05, 0) is 83.5 Å². The van der Waals surface area contributed by atoms with Gasteiger partial charge in [0.1, 0.15) is 0 Å². The van der Waals surface area contributed by atoms with Crippen LogP contribution in [0.15, 0.2) is 36.5 Å². The molecule has 0 aliphatic heterocycles. The topological polar surface area (TPSA) is 95.9 Å². The quantitative estimate of drug-likeness (QED) is 0.0320. The lowest BCUT2D eigenvalue weighted by molar-refractivity contribution is -0.143. The predicted molar refractivity (Wildman–Crippen MR) is 375 cm³/mol. The first-order valence-electron chi connectivity index (χ1n) is 38.8. The first-order valence-corrected chi connectivity index (χ1v) is 38.8. The molecule has 3 N–H and O–H groups in total. The summed E-state index contributed by atoms with van der Waals surface area (Å²) in [5.41, 5.74) is 0. The lowest BCUT2D eigenvalue weighted by atomic mass is 10.0. The minimum Gasteiger partial charge on any atom is -0.466 e. The maximum absolute atomic E-state index is 12.5. The third-order valence-electron chi connectivity index (χ3n) is 18.1. The van der Waals surface area contributed by atoms with E-state index in [1.165, 1.54) is 360 Å². The van der Waals surface area contributed by atoms with Gasteiger partial charge in [-0.1, -0.05) is 371 Å². The van der Waals surface area contributed by atoms with Gasteiger partial charge in [-0.2, -0.15) is 0 Å². The monoisotopic (exact) mass is 1190 g/mol. The van der Waals surface area contributed by atoms with Crippen LogP contribution in [0.1, 0.15) is 431 Å². The molecular formula is C79H151NO5. The number of rotatable bonds is 73. The number of aliphatic hydroxyl groups excluding tert-OH is 2. The van der Waals surface area contributed by atoms with E-state index in [0.717, 1.165) is 44.9 Å². The van der Waals surface area contributed by atoms with E-state index in [1.807, 2.05) is 6.08 Å². The molecule has 0 aromatic rings. The summed E-state index contributed by atoms with van der Waals surface area (Å²) in [6, 6.07) is -0.629. The van der Waals surface area contributed by atoms with Crippen molar-refractivity contribution in [3.8, 4) is 0 Å². The van der Waals surface area contributed by atoms with Gasteiger partial charge in [-0.3, -0.25) is 9.59 Å². The average molecular weight is 1200 g/mol. The standard InChI is InChI=1S/C79H151NO5/c1-3-5-7-9-11-13-15-17-19-21-23-33-36-39-43-47-51-55-59-63-67-71-77(82)76(75-81)80-78(83)72-68-64-60-56-52-48-44-40-37-34-31-29-27-25-24-26-28-30-32-35-38-42-46-50-54-58-62-66-70-74-85-79(84)73-69-65-61-57-53-49-45-41-22-20-18-16-14-12-10-8-6-4-2/h20,22,24,26,67,71,76-77,81-82H,3-19,21,23,25,27-66,68-70,72-75H2,1-2H3,(H,80,83)/b22-20-,26-24-,71-67+. The molecule has 85 heavy (non-hydrogen) atoms. The minimum absolute atomic E-state index is 0.0140. The summed E-state index contributed by atoms with van der Waals surface area (Å²) < 4.78 is 5.51. The molecule has 0 fully saturated rings. The Bertz CT molecular complexity index is 1380. The van der Waals surface area contributed by atoms with Crippen molar-refractivity contribution in [3.05, 3.63) is 36.5 Å². The van der Waals surface area contributed by atoms with E-state index >= 15 is 0 Å². The van der Waals surface area contributed by atoms with E-state index in [2.05, 4.69) is 43.5 Å². The predicted octanol–water partition coefficient (Wildman–Crippen LogP) is 25.4. The first kappa shape index (κ1) is 83.1. The van der Waals surface area contributed by atoms with Crippen molar-refractivity contribution in [2.45, 2.75) is 443 Å². The molecule has 0 aromatic carbocycles. The Hall–Kier alpha value is -1.92. The van der Waals surface area contributed by atoms with Crippen molar-refractivity contribution >= 4 is 11.9 Å². The van der Waals surface area contributed by atoms with E-state index < -0.39 is 12.1 Å². The fraction of sp³-hybridized carbons (Fsp3) is 0.899. The second kappa shape index (κ2) is 74.5. The number of hydrogen-bond donors (Lipinski definition) is 3. The summed E-state index contributed by atoms with van der Waals surface area (Å²) in [7, 11) is 0. The van der Waals surface area contributed by atoms with Crippen molar-refractivity contribution in [3.63, 3.8) is 0 Å². The number of hydrogen-bond acceptors (Lipinski definition) is 5. The van der Waals surface area contributed by atoms with Crippen molar-refractivity contribution < 1.29 is 24.5 Å². The molecule has 1 amide bonds. The van der Waals surface area contributed by atoms with Crippen LogP contribution in [0.4, 0.5) is 0 Å². The molecule has 502 valence electrons. The van der Waals surface area contributed by atoms with Gasteiger partial charge in [-0.15, -0.1) is 0 Å². The second-order valence-corrected chi connectivity index (χ2v) is 26.7. The molecule has 0 bridgehead atoms. The largest absolute Gasteiger partial charge is 0.466 e. The van der Waals surface area contributed by atoms with Crippen LogP contribution in [0.5, 0.6) is 0 Å². The highest BCUT2D eigenvalue weighted by Gasteiger charge is 2.18. The number of ether oxygens (including phenoxy) is 1. The summed E-state index contributed by atoms with van der Waals surface area (Å²) in [6.07, 6.45) is 96.8. The van der Waals surface area contributed by atoms with Crippen molar-refractivity contribution in [2.24, 2.45) is 0 Å². The molecule has 6 heteroatoms. The molecule has 2 atom stereocenters. The van der Waals surface area contributed by atoms with E-state index in [-0.39, 0.29) is 18.5 Å². The van der Waals surface area contributed by atoms with Gasteiger partial charge in [-0.25, -0.2) is 0 Å². The molecule has 0 heterocycles. The summed E-state index contributed by atoms with van der Waals surface area (Å²) >= 11 is 0. The Morgan fingerprint density at radius 3 is 0.835 bits per heavy atom. The molecule has 0 aliphatic carbocycles. The SMILES string of the molecule is CCCCCCCCC/C=C\CCCCCCCCCC(=O)OCCCCCCCCCCCCCC/C=C\CCCCCCCCCCCCCCCC(=O)NC(CO)C(O)/C=C/CCCCCCCCCCCCCCCCCCCCC. The first-order chi connectivity index (χ1) is 42.0. The van der Waals surface area contributed by atoms with Gasteiger partial charge >= 0.3 is 5.97 Å². The van der Waals surface area contributed by atoms with E-state index in [9.17, 15) is 19.8 Å². The van der Waals surface area contributed by atoms with Crippen LogP contribution in [0, 0.1) is 0 Å². The maximum atomic E-state index is 12.5. The van der Waals surface area contributed by atoms with Crippen LogP contribution in [0.3, 0.4) is 0 Å². The zero-order chi connectivity index (χ0) is 61.3. The molecule has 0 rings (SSSR count). The van der Waals surface area contributed by atoms with Crippen LogP contribution in [-0.4, -0.2) is 47.4 Å². The molecule has 0 radical (unpaired) electrons. The van der Waals surface area contributed by atoms with Gasteiger partial charge in [0.15, 0.2) is 0 Å². The van der Waals surface area contributed by atoms with E-state index in [0.29, 0.717) is 19.4 Å². The zero-order valence-corrected chi connectivity index (χ0v) is 57.6. The zero-order valence-electron chi connectivity index (χ0n) is 57.6. The van der Waals surface area contributed by atoms with Gasteiger partial charge < -0.3 is 20.3 Å². The van der Waals surface area contributed by atoms with Crippen LogP contribution in [0.2, 0.25) is 0 Å². The number of allylic oxidation sites excluding steroid dienone is 5. The van der Waals surface area contributed by atoms with Gasteiger partial charge in [0.25, 0.3) is 0 Å². The minimum atomic E-state index is -0.845. The van der Waals surface area contributed by atoms with Crippen LogP contribution in [0.25, 0.3) is 0 Å². The second-order valence-electron chi connectivity index (χ2n) is 26.7. The Morgan fingerprint density at radius 2 is 0.553 bits per heavy atom. The van der Waals surface area contributed by atoms with E-state index in [1.54, 1.807) is 6.08 Å². The number of unbranched alkanes of at least 4 members (excludes halogenated alkanes) is 58. The molecule has 0 saturated carbocycles. The highest BCUT2D eigenvalue weighted by molar-refractivity contribution is 5.76. The van der Waals surface area contributed by atoms with Gasteiger partial charge in [0, 0.05) is 12.8 Å². The summed E-state index contributed by atoms with van der Waals surface area (Å²) in [5, 5.41) is 23.3. The molecule has 0 spiro atoms. The van der Waals surface area contributed by atoms with Crippen molar-refractivity contribution in [2.75, 3.05) is 13.2 Å². The molecule has 2 unspecified atom stereocenters. The fourth-order valence-electron chi connectivity index (χ4n) is 12.2. The average Bonchev–Trinajstić information content (AvgIpc) is 3.51. The van der Waals surface area contributed by atoms with Crippen LogP contribution in [-0.2, 0) is 14.3 Å². The van der Waals surface area contributed by atoms with Crippen molar-refractivity contribution in [1.29, 1.82) is 0 Å². The summed E-state index contributed by atoms with van der Waals surface area (Å²) in [4.78, 5) is 24.7. The van der Waals surface area contributed by atoms with Gasteiger partial charge in [0.05, 0.1) is 25.4 Å². The highest BCUT2D eigenvalue weighted by Crippen LogP contribution is 2.19. The number of aliphatic hydroxyl groups is 2. The normalized spacial score (nSPS) is 12.7. The van der Waals surface area contributed by atoms with Crippen LogP contribution >= 0.6 is 0 Å². The lowest BCUT2D eigenvalue weighted by Gasteiger charge is -2.20. The molecule has 0 saturated heterocycles. The number of carbonyl (C=O) groups is 2. The molecule has 0 aliphatic rings. The molecular weight excluding hydrogens is 1040 g/mol. The van der Waals surface area contributed by atoms with Crippen molar-refractivity contribution in [1.82, 2.24) is 5.32 Å². The van der Waals surface area contributed by atoms with Crippen LogP contribution < -0.4 is 5.32 Å². The van der Waals surface area contributed by atoms with E-state index in [4.69, 9.17) is 4.74 Å². The fourth-order valence-corrected chi connectivity index (χ4v) is 12.2. The smallest absolute Gasteiger partial charge is 0.305 e. The summed E-state index contributed by atoms with van der Waals surface area (Å²) in [6.45, 7) is 4.95. The highest BCUT2D eigenvalue weighted by atomic mass is 16.5. The Balaban J connectivity index is 3.39. The number of esters is 1. The lowest BCUT2D eigenvalue weighted by Crippen LogP contribution is -2.45. The summed E-state index contributed by atoms with van der Waals surface area (Å²) in [5.74, 6) is -0.0489. The third-order valence-corrected chi connectivity index (χ3v) is 18.1. The number of nitrogens with one attached hydrogen (secondary N) is 1. The maximum Gasteiger partial charge on any atom is 0.305 e. The Labute approximate surface area is 532 Å². The third kappa shape index (κ3) is 71.0. The molecule has 6 nitrogen and oxygen atoms in total. The Morgan fingerprint density at radius 1 is 0.318 bits per heavy atom.